The molecule has 0 unspecified atom stereocenters. The van der Waals surface area contributed by atoms with Crippen LogP contribution in [0.15, 0.2) is 48.6 Å². The van der Waals surface area contributed by atoms with E-state index >= 15 is 0 Å². The first-order chi connectivity index (χ1) is 13.4. The van der Waals surface area contributed by atoms with Gasteiger partial charge >= 0.3 is 0 Å². The van der Waals surface area contributed by atoms with Crippen molar-refractivity contribution in [2.24, 2.45) is 5.73 Å². The third kappa shape index (κ3) is 2.67. The minimum absolute atomic E-state index is 0.0176. The number of nitrogens with zero attached hydrogens (tertiary/aromatic N) is 2. The topological polar surface area (TPSA) is 72.9 Å². The molecular weight excluding hydrogens is 300 g/mol. The summed E-state index contributed by atoms with van der Waals surface area (Å²) in [6, 6.07) is 6.54. The Bertz CT molecular complexity index is 1070. The lowest BCUT2D eigenvalue weighted by atomic mass is 9.92. The molecule has 4 rings (SSSR count). The molecule has 3 N–H and O–H groups in total. The van der Waals surface area contributed by atoms with Crippen molar-refractivity contribution in [3.05, 3.63) is 59.7 Å². The van der Waals surface area contributed by atoms with Crippen LogP contribution in [0.3, 0.4) is 0 Å². The Labute approximate surface area is 146 Å². The molecule has 3 aromatic rings. The average molecular weight is 324 g/mol. The summed E-state index contributed by atoms with van der Waals surface area (Å²) < 4.78 is 33.7. The third-order valence-corrected chi connectivity index (χ3v) is 4.42. The molecule has 0 spiro atoms. The molecule has 5 nitrogen and oxygen atoms in total. The van der Waals surface area contributed by atoms with Crippen molar-refractivity contribution in [1.29, 1.82) is 0 Å². The third-order valence-electron chi connectivity index (χ3n) is 4.42. The van der Waals surface area contributed by atoms with E-state index in [9.17, 15) is 4.79 Å². The lowest BCUT2D eigenvalue weighted by molar-refractivity contribution is 0.100. The molecule has 1 aliphatic rings. The smallest absolute Gasteiger partial charge is 0.250 e. The van der Waals surface area contributed by atoms with Gasteiger partial charge in [-0.3, -0.25) is 4.79 Å². The summed E-state index contributed by atoms with van der Waals surface area (Å²) in [4.78, 5) is 11.8. The van der Waals surface area contributed by atoms with Crippen LogP contribution in [-0.2, 0) is 0 Å². The normalized spacial score (nSPS) is 20.2. The van der Waals surface area contributed by atoms with Crippen molar-refractivity contribution >= 4 is 16.8 Å². The Kier molecular flexibility index (Phi) is 2.79. The van der Waals surface area contributed by atoms with Crippen molar-refractivity contribution in [3.8, 4) is 5.69 Å². The molecule has 0 aliphatic carbocycles. The van der Waals surface area contributed by atoms with Gasteiger partial charge in [0.15, 0.2) is 0 Å². The summed E-state index contributed by atoms with van der Waals surface area (Å²) in [6.45, 7) is 1.99. The summed E-state index contributed by atoms with van der Waals surface area (Å²) in [6.07, 6.45) is 2.16. The van der Waals surface area contributed by atoms with E-state index in [-0.39, 0.29) is 28.7 Å². The zero-order valence-electron chi connectivity index (χ0n) is 17.1. The number of amides is 1. The number of piperidine rings is 1. The molecule has 1 amide bonds. The summed E-state index contributed by atoms with van der Waals surface area (Å²) >= 11 is 0. The molecular formula is C19H20N4O. The number of carbonyl (C=O) groups is 1. The maximum Gasteiger partial charge on any atom is 0.250 e. The number of aromatic nitrogens is 2. The lowest BCUT2D eigenvalue weighted by Crippen LogP contribution is -2.28. The van der Waals surface area contributed by atoms with Crippen molar-refractivity contribution in [2.45, 2.75) is 18.8 Å². The first-order valence-corrected chi connectivity index (χ1v) is 8.00. The quantitative estimate of drug-likeness (QED) is 0.778. The van der Waals surface area contributed by atoms with E-state index in [1.807, 2.05) is 24.3 Å². The molecule has 5 heteroatoms. The van der Waals surface area contributed by atoms with Crippen LogP contribution < -0.4 is 11.1 Å². The number of fused-ring (bicyclic) bond motifs is 1. The van der Waals surface area contributed by atoms with E-state index in [2.05, 4.69) is 10.4 Å². The van der Waals surface area contributed by atoms with Crippen LogP contribution in [0.2, 0.25) is 0 Å². The van der Waals surface area contributed by atoms with Gasteiger partial charge in [0.25, 0.3) is 5.91 Å². The van der Waals surface area contributed by atoms with Crippen LogP contribution in [0.4, 0.5) is 0 Å². The van der Waals surface area contributed by atoms with Crippen LogP contribution in [0.25, 0.3) is 16.6 Å². The number of carbonyl (C=O) groups excluding carboxylic acids is 1. The largest absolute Gasteiger partial charge is 0.366 e. The van der Waals surface area contributed by atoms with Crippen molar-refractivity contribution in [1.82, 2.24) is 15.1 Å². The molecule has 122 valence electrons. The van der Waals surface area contributed by atoms with Crippen LogP contribution in [-0.4, -0.2) is 28.8 Å². The maximum atomic E-state index is 11.8. The minimum Gasteiger partial charge on any atom is -0.366 e. The van der Waals surface area contributed by atoms with Gasteiger partial charge < -0.3 is 11.1 Å². The molecule has 24 heavy (non-hydrogen) atoms. The number of primary amides is 1. The van der Waals surface area contributed by atoms with E-state index in [1.54, 1.807) is 0 Å². The molecule has 1 fully saturated rings. The van der Waals surface area contributed by atoms with Crippen LogP contribution >= 0.6 is 0 Å². The van der Waals surface area contributed by atoms with Gasteiger partial charge in [-0.1, -0.05) is 24.2 Å². The molecule has 0 radical (unpaired) electrons. The van der Waals surface area contributed by atoms with Gasteiger partial charge in [0, 0.05) is 18.1 Å². The zero-order valence-corrected chi connectivity index (χ0v) is 13.1. The minimum atomic E-state index is -0.895. The fraction of sp³-hybridized carbons (Fsp3) is 0.263. The van der Waals surface area contributed by atoms with Gasteiger partial charge in [0.05, 0.1) is 16.7 Å². The lowest BCUT2D eigenvalue weighted by Gasteiger charge is -2.23. The SMILES string of the molecule is [2H]c1c([2H])c([2H])c2c([2H])n(-c3ccc([C@H]4CCCNC4)cc3)nc2c1C(N)=O. The number of hydrogen-bond acceptors (Lipinski definition) is 3. The molecule has 2 heterocycles. The van der Waals surface area contributed by atoms with Gasteiger partial charge in [0.2, 0.25) is 0 Å². The molecule has 2 aromatic carbocycles. The second kappa shape index (κ2) is 6.09. The fourth-order valence-electron chi connectivity index (χ4n) is 3.14. The average Bonchev–Trinajstić information content (AvgIpc) is 3.04. The highest BCUT2D eigenvalue weighted by molar-refractivity contribution is 6.04. The summed E-state index contributed by atoms with van der Waals surface area (Å²) in [5.74, 6) is -0.443. The molecule has 1 atom stereocenters. The van der Waals surface area contributed by atoms with Gasteiger partial charge in [-0.25, -0.2) is 4.68 Å². The van der Waals surface area contributed by atoms with E-state index in [4.69, 9.17) is 11.2 Å². The van der Waals surface area contributed by atoms with Crippen LogP contribution in [0.5, 0.6) is 0 Å². The van der Waals surface area contributed by atoms with Crippen LogP contribution in [0.1, 0.15) is 40.2 Å². The fourth-order valence-corrected chi connectivity index (χ4v) is 3.14. The first-order valence-electron chi connectivity index (χ1n) is 10.00. The number of hydrogen-bond donors (Lipinski definition) is 2. The van der Waals surface area contributed by atoms with E-state index < -0.39 is 18.0 Å². The Morgan fingerprint density at radius 1 is 1.33 bits per heavy atom. The Balaban J connectivity index is 1.83. The van der Waals surface area contributed by atoms with Crippen molar-refractivity contribution < 1.29 is 10.3 Å². The Morgan fingerprint density at radius 3 is 2.88 bits per heavy atom. The summed E-state index contributed by atoms with van der Waals surface area (Å²) in [5.41, 5.74) is 6.99. The summed E-state index contributed by atoms with van der Waals surface area (Å²) in [7, 11) is 0. The number of nitrogens with one attached hydrogen (secondary N) is 1. The zero-order chi connectivity index (χ0) is 20.0. The first kappa shape index (κ1) is 11.0. The summed E-state index contributed by atoms with van der Waals surface area (Å²) in [5, 5.41) is 7.74. The molecule has 1 saturated heterocycles. The number of benzene rings is 2. The second-order valence-electron chi connectivity index (χ2n) is 6.00. The monoisotopic (exact) mass is 324 g/mol. The van der Waals surface area contributed by atoms with Gasteiger partial charge in [-0.15, -0.1) is 0 Å². The maximum absolute atomic E-state index is 11.8. The Hall–Kier alpha value is -2.66. The number of nitrogens with two attached hydrogens (primary N) is 1. The predicted molar refractivity (Wildman–Crippen MR) is 94.4 cm³/mol. The Morgan fingerprint density at radius 2 is 2.17 bits per heavy atom. The van der Waals surface area contributed by atoms with E-state index in [0.29, 0.717) is 11.6 Å². The highest BCUT2D eigenvalue weighted by Gasteiger charge is 2.15. The highest BCUT2D eigenvalue weighted by atomic mass is 16.1. The molecule has 1 aromatic heterocycles. The van der Waals surface area contributed by atoms with Crippen molar-refractivity contribution in [3.63, 3.8) is 0 Å². The highest BCUT2D eigenvalue weighted by Crippen LogP contribution is 2.25. The number of rotatable bonds is 3. The molecule has 0 saturated carbocycles. The second-order valence-corrected chi connectivity index (χ2v) is 6.00. The standard InChI is InChI=1S/C19H20N4O/c20-19(24)17-5-1-3-15-12-23(22-18(15)17)16-8-6-13(7-9-16)14-4-2-10-21-11-14/h1,3,5-9,12,14,21H,2,4,10-11H2,(H2,20,24)/t14-/m0/s1/i1D,3D,5D,12D. The van der Waals surface area contributed by atoms with Gasteiger partial charge in [-0.05, 0) is 49.0 Å². The van der Waals surface area contributed by atoms with Gasteiger partial charge in [-0.2, -0.15) is 5.10 Å². The van der Waals surface area contributed by atoms with Crippen LogP contribution in [0, 0.1) is 0 Å². The predicted octanol–water partition coefficient (Wildman–Crippen LogP) is 2.59. The molecule has 0 bridgehead atoms. The van der Waals surface area contributed by atoms with E-state index in [1.165, 1.54) is 10.2 Å². The van der Waals surface area contributed by atoms with Crippen molar-refractivity contribution in [2.75, 3.05) is 13.1 Å². The molecule has 1 aliphatic heterocycles. The van der Waals surface area contributed by atoms with Gasteiger partial charge in [0.1, 0.15) is 5.52 Å². The van der Waals surface area contributed by atoms with E-state index in [0.717, 1.165) is 25.9 Å².